The average molecular weight is 412 g/mol. The largest absolute Gasteiger partial charge is 0.458 e. The summed E-state index contributed by atoms with van der Waals surface area (Å²) in [5.74, 6) is -2.74. The minimum atomic E-state index is -0.616. The van der Waals surface area contributed by atoms with Crippen LogP contribution in [0.15, 0.2) is 24.3 Å². The molecule has 7 unspecified atom stereocenters. The molecule has 0 spiro atoms. The predicted molar refractivity (Wildman–Crippen MR) is 106 cm³/mol. The first-order chi connectivity index (χ1) is 14.2. The van der Waals surface area contributed by atoms with Gasteiger partial charge in [-0.05, 0) is 24.0 Å². The quantitative estimate of drug-likeness (QED) is 0.558. The number of carbonyl (C=O) groups is 3. The number of benzene rings is 1. The molecular formula is C24H28O6. The van der Waals surface area contributed by atoms with Gasteiger partial charge < -0.3 is 14.2 Å². The predicted octanol–water partition coefficient (Wildman–Crippen LogP) is 3.23. The smallest absolute Gasteiger partial charge is 0.310 e. The average Bonchev–Trinajstić information content (AvgIpc) is 3.35. The van der Waals surface area contributed by atoms with Gasteiger partial charge in [-0.1, -0.05) is 52.0 Å². The van der Waals surface area contributed by atoms with Crippen LogP contribution in [0.3, 0.4) is 0 Å². The van der Waals surface area contributed by atoms with Gasteiger partial charge in [-0.15, -0.1) is 0 Å². The summed E-state index contributed by atoms with van der Waals surface area (Å²) in [6, 6.07) is 8.04. The van der Waals surface area contributed by atoms with E-state index in [2.05, 4.69) is 19.9 Å². The van der Waals surface area contributed by atoms with Crippen molar-refractivity contribution >= 4 is 17.9 Å². The molecule has 1 aliphatic heterocycles. The lowest BCUT2D eigenvalue weighted by Gasteiger charge is -2.33. The molecule has 6 nitrogen and oxygen atoms in total. The summed E-state index contributed by atoms with van der Waals surface area (Å²) in [5.41, 5.74) is 2.00. The van der Waals surface area contributed by atoms with Gasteiger partial charge in [0.2, 0.25) is 0 Å². The van der Waals surface area contributed by atoms with E-state index in [4.69, 9.17) is 14.2 Å². The van der Waals surface area contributed by atoms with E-state index in [0.717, 1.165) is 12.0 Å². The fourth-order valence-corrected chi connectivity index (χ4v) is 6.11. The normalized spacial score (nSPS) is 37.2. The number of carbonyl (C=O) groups excluding carboxylic acids is 3. The highest BCUT2D eigenvalue weighted by atomic mass is 16.6. The van der Waals surface area contributed by atoms with Gasteiger partial charge >= 0.3 is 17.9 Å². The molecular weight excluding hydrogens is 384 g/mol. The van der Waals surface area contributed by atoms with E-state index in [1.54, 1.807) is 13.8 Å². The maximum absolute atomic E-state index is 13.4. The number of fused-ring (bicyclic) bond motifs is 2. The van der Waals surface area contributed by atoms with Gasteiger partial charge in [-0.2, -0.15) is 0 Å². The molecule has 6 heteroatoms. The Morgan fingerprint density at radius 1 is 1.13 bits per heavy atom. The Morgan fingerprint density at radius 2 is 1.87 bits per heavy atom. The molecule has 1 heterocycles. The minimum absolute atomic E-state index is 0.0751. The molecule has 3 aliphatic carbocycles. The van der Waals surface area contributed by atoms with Crippen LogP contribution in [0.1, 0.15) is 51.3 Å². The second-order valence-electron chi connectivity index (χ2n) is 10.3. The molecule has 1 saturated heterocycles. The molecule has 7 atom stereocenters. The summed E-state index contributed by atoms with van der Waals surface area (Å²) in [7, 11) is 0. The van der Waals surface area contributed by atoms with Crippen molar-refractivity contribution in [3.63, 3.8) is 0 Å². The van der Waals surface area contributed by atoms with Crippen LogP contribution in [0, 0.1) is 35.0 Å². The minimum Gasteiger partial charge on any atom is -0.458 e. The molecule has 5 rings (SSSR count). The molecule has 2 bridgehead atoms. The summed E-state index contributed by atoms with van der Waals surface area (Å²) in [6.07, 6.45) is 0.142. The second kappa shape index (κ2) is 6.56. The van der Waals surface area contributed by atoms with Gasteiger partial charge in [-0.25, -0.2) is 0 Å². The highest BCUT2D eigenvalue weighted by molar-refractivity contribution is 5.86. The van der Waals surface area contributed by atoms with Crippen molar-refractivity contribution in [1.82, 2.24) is 0 Å². The van der Waals surface area contributed by atoms with Gasteiger partial charge in [0, 0.05) is 17.3 Å². The van der Waals surface area contributed by atoms with Crippen LogP contribution in [0.2, 0.25) is 0 Å². The Bertz CT molecular complexity index is 918. The van der Waals surface area contributed by atoms with Gasteiger partial charge in [0.1, 0.15) is 18.3 Å². The Morgan fingerprint density at radius 3 is 2.60 bits per heavy atom. The van der Waals surface area contributed by atoms with E-state index in [1.807, 2.05) is 18.2 Å². The van der Waals surface area contributed by atoms with Gasteiger partial charge in [0.25, 0.3) is 0 Å². The monoisotopic (exact) mass is 412 g/mol. The summed E-state index contributed by atoms with van der Waals surface area (Å²) < 4.78 is 17.4. The zero-order chi connectivity index (χ0) is 21.4. The zero-order valence-electron chi connectivity index (χ0n) is 17.8. The number of hydrogen-bond acceptors (Lipinski definition) is 6. The molecule has 0 N–H and O–H groups in total. The van der Waals surface area contributed by atoms with Gasteiger partial charge in [0.05, 0.1) is 17.8 Å². The topological polar surface area (TPSA) is 78.9 Å². The molecule has 1 aromatic rings. The first-order valence-corrected chi connectivity index (χ1v) is 10.9. The van der Waals surface area contributed by atoms with Crippen LogP contribution < -0.4 is 0 Å². The van der Waals surface area contributed by atoms with E-state index in [0.29, 0.717) is 6.42 Å². The van der Waals surface area contributed by atoms with Crippen LogP contribution >= 0.6 is 0 Å². The first-order valence-electron chi connectivity index (χ1n) is 10.9. The summed E-state index contributed by atoms with van der Waals surface area (Å²) >= 11 is 0. The fourth-order valence-electron chi connectivity index (χ4n) is 6.11. The van der Waals surface area contributed by atoms with Crippen molar-refractivity contribution in [2.45, 2.75) is 58.8 Å². The summed E-state index contributed by atoms with van der Waals surface area (Å²) in [6.45, 7) is 7.73. The molecule has 160 valence electrons. The Hall–Kier alpha value is -2.37. The lowest BCUT2D eigenvalue weighted by Crippen LogP contribution is -2.44. The van der Waals surface area contributed by atoms with E-state index >= 15 is 0 Å². The van der Waals surface area contributed by atoms with Crippen molar-refractivity contribution in [3.8, 4) is 0 Å². The van der Waals surface area contributed by atoms with E-state index in [9.17, 15) is 14.4 Å². The van der Waals surface area contributed by atoms with Crippen LogP contribution in [0.5, 0.6) is 0 Å². The van der Waals surface area contributed by atoms with Crippen molar-refractivity contribution in [2.75, 3.05) is 0 Å². The van der Waals surface area contributed by atoms with Crippen molar-refractivity contribution in [3.05, 3.63) is 35.4 Å². The third kappa shape index (κ3) is 2.72. The molecule has 0 aromatic heterocycles. The lowest BCUT2D eigenvalue weighted by atomic mass is 9.78. The molecule has 1 aromatic carbocycles. The molecule has 3 fully saturated rings. The standard InChI is InChI=1S/C24H28O6/c1-11(2)21(25)28-18-15-9-14-16(22(26)29-19(14)18)17(15)23(27)30-20-13-8-6-5-7-12(13)10-24(20,3)4/h5-8,11,14-20H,9-10H2,1-4H3. The van der Waals surface area contributed by atoms with Crippen LogP contribution in [-0.2, 0) is 35.0 Å². The highest BCUT2D eigenvalue weighted by Crippen LogP contribution is 2.59. The summed E-state index contributed by atoms with van der Waals surface area (Å²) in [5, 5.41) is 0. The fraction of sp³-hybridized carbons (Fsp3) is 0.625. The third-order valence-corrected chi connectivity index (χ3v) is 7.47. The van der Waals surface area contributed by atoms with Crippen molar-refractivity contribution in [2.24, 2.45) is 35.0 Å². The first kappa shape index (κ1) is 19.6. The SMILES string of the molecule is CC(C)C(=O)OC1C2CC3C1OC(=O)C3C2C(=O)OC1c2ccccc2CC1(C)C. The molecule has 4 aliphatic rings. The molecule has 0 amide bonds. The Balaban J connectivity index is 1.41. The van der Waals surface area contributed by atoms with Crippen LogP contribution in [0.4, 0.5) is 0 Å². The number of rotatable bonds is 4. The van der Waals surface area contributed by atoms with Crippen molar-refractivity contribution < 1.29 is 28.6 Å². The maximum atomic E-state index is 13.4. The van der Waals surface area contributed by atoms with Crippen LogP contribution in [-0.4, -0.2) is 30.1 Å². The van der Waals surface area contributed by atoms with E-state index < -0.39 is 24.0 Å². The van der Waals surface area contributed by atoms with Gasteiger partial charge in [0.15, 0.2) is 0 Å². The third-order valence-electron chi connectivity index (χ3n) is 7.47. The van der Waals surface area contributed by atoms with Gasteiger partial charge in [-0.3, -0.25) is 14.4 Å². The van der Waals surface area contributed by atoms with E-state index in [-0.39, 0.29) is 47.2 Å². The molecule has 0 radical (unpaired) electrons. The number of ether oxygens (including phenoxy) is 3. The molecule has 2 saturated carbocycles. The summed E-state index contributed by atoms with van der Waals surface area (Å²) in [4.78, 5) is 38.2. The Labute approximate surface area is 176 Å². The molecule has 30 heavy (non-hydrogen) atoms. The second-order valence-corrected chi connectivity index (χ2v) is 10.3. The Kier molecular flexibility index (Phi) is 4.28. The lowest BCUT2D eigenvalue weighted by molar-refractivity contribution is -0.172. The highest BCUT2D eigenvalue weighted by Gasteiger charge is 2.70. The maximum Gasteiger partial charge on any atom is 0.310 e. The van der Waals surface area contributed by atoms with Crippen molar-refractivity contribution in [1.29, 1.82) is 0 Å². The number of esters is 3. The van der Waals surface area contributed by atoms with Crippen LogP contribution in [0.25, 0.3) is 0 Å². The number of hydrogen-bond donors (Lipinski definition) is 0. The zero-order valence-corrected chi connectivity index (χ0v) is 17.8. The van der Waals surface area contributed by atoms with E-state index in [1.165, 1.54) is 5.56 Å².